The van der Waals surface area contributed by atoms with E-state index in [1.807, 2.05) is 19.1 Å². The minimum absolute atomic E-state index is 0.224. The second kappa shape index (κ2) is 3.38. The summed E-state index contributed by atoms with van der Waals surface area (Å²) in [6.45, 7) is 4.01. The lowest BCUT2D eigenvalue weighted by atomic mass is 9.90. The predicted molar refractivity (Wildman–Crippen MR) is 57.7 cm³/mol. The van der Waals surface area contributed by atoms with Crippen LogP contribution in [0.1, 0.15) is 24.0 Å². The van der Waals surface area contributed by atoms with Gasteiger partial charge in [0.05, 0.1) is 0 Å². The molecule has 0 spiro atoms. The zero-order valence-electron chi connectivity index (χ0n) is 8.79. The van der Waals surface area contributed by atoms with Crippen molar-refractivity contribution in [2.75, 3.05) is 13.1 Å². The van der Waals surface area contributed by atoms with Gasteiger partial charge >= 0.3 is 0 Å². The molecular weight excluding hydrogens is 190 g/mol. The molecule has 0 amide bonds. The minimum atomic E-state index is 0.224. The molecule has 80 valence electrons. The quantitative estimate of drug-likeness (QED) is 0.724. The third-order valence-corrected chi connectivity index (χ3v) is 3.17. The summed E-state index contributed by atoms with van der Waals surface area (Å²) in [7, 11) is 0. The fraction of sp³-hybridized carbons (Fsp3) is 0.545. The van der Waals surface area contributed by atoms with E-state index in [1.54, 1.807) is 0 Å². The van der Waals surface area contributed by atoms with Gasteiger partial charge in [0, 0.05) is 31.1 Å². The Labute approximate surface area is 88.7 Å². The van der Waals surface area contributed by atoms with Gasteiger partial charge in [0.1, 0.15) is 17.6 Å². The van der Waals surface area contributed by atoms with Crippen molar-refractivity contribution in [3.63, 3.8) is 0 Å². The molecule has 4 heteroatoms. The molecule has 0 aromatic carbocycles. The van der Waals surface area contributed by atoms with Crippen molar-refractivity contribution in [2.45, 2.75) is 19.4 Å². The fourth-order valence-electron chi connectivity index (χ4n) is 2.35. The molecule has 1 fully saturated rings. The SMILES string of the molecule is Cc1ccc(C2NN=C3CCNCC32)o1. The van der Waals surface area contributed by atoms with Gasteiger partial charge < -0.3 is 9.73 Å². The molecular formula is C11H15N3O. The van der Waals surface area contributed by atoms with Crippen LogP contribution in [0.3, 0.4) is 0 Å². The maximum atomic E-state index is 5.65. The van der Waals surface area contributed by atoms with Crippen LogP contribution >= 0.6 is 0 Å². The Morgan fingerprint density at radius 3 is 3.20 bits per heavy atom. The Morgan fingerprint density at radius 1 is 1.47 bits per heavy atom. The number of aryl methyl sites for hydroxylation is 1. The van der Waals surface area contributed by atoms with Crippen molar-refractivity contribution >= 4 is 5.71 Å². The lowest BCUT2D eigenvalue weighted by molar-refractivity contribution is 0.365. The van der Waals surface area contributed by atoms with Gasteiger partial charge in [-0.2, -0.15) is 5.10 Å². The maximum absolute atomic E-state index is 5.65. The van der Waals surface area contributed by atoms with Gasteiger partial charge in [-0.05, 0) is 19.1 Å². The van der Waals surface area contributed by atoms with Gasteiger partial charge in [0.15, 0.2) is 0 Å². The van der Waals surface area contributed by atoms with Gasteiger partial charge in [-0.3, -0.25) is 5.43 Å². The molecule has 1 aromatic rings. The number of piperidine rings is 1. The van der Waals surface area contributed by atoms with E-state index in [0.29, 0.717) is 5.92 Å². The van der Waals surface area contributed by atoms with Crippen molar-refractivity contribution in [3.8, 4) is 0 Å². The van der Waals surface area contributed by atoms with Crippen molar-refractivity contribution in [1.82, 2.24) is 10.7 Å². The molecule has 2 aliphatic heterocycles. The Balaban J connectivity index is 1.84. The summed E-state index contributed by atoms with van der Waals surface area (Å²) in [5.74, 6) is 2.42. The Bertz CT molecular complexity index is 396. The topological polar surface area (TPSA) is 49.6 Å². The van der Waals surface area contributed by atoms with Crippen LogP contribution in [0.4, 0.5) is 0 Å². The summed E-state index contributed by atoms with van der Waals surface area (Å²) in [6.07, 6.45) is 1.05. The molecule has 1 saturated heterocycles. The van der Waals surface area contributed by atoms with E-state index in [2.05, 4.69) is 15.8 Å². The first-order valence-corrected chi connectivity index (χ1v) is 5.43. The highest BCUT2D eigenvalue weighted by molar-refractivity contribution is 5.89. The molecule has 0 saturated carbocycles. The second-order valence-corrected chi connectivity index (χ2v) is 4.22. The lowest BCUT2D eigenvalue weighted by Crippen LogP contribution is -2.38. The third-order valence-electron chi connectivity index (χ3n) is 3.17. The van der Waals surface area contributed by atoms with Crippen LogP contribution in [0.2, 0.25) is 0 Å². The summed E-state index contributed by atoms with van der Waals surface area (Å²) < 4.78 is 5.65. The van der Waals surface area contributed by atoms with Crippen molar-refractivity contribution in [1.29, 1.82) is 0 Å². The molecule has 3 rings (SSSR count). The number of hydrazone groups is 1. The average molecular weight is 205 g/mol. The number of furan rings is 1. The van der Waals surface area contributed by atoms with Gasteiger partial charge in [0.25, 0.3) is 0 Å². The first kappa shape index (κ1) is 8.97. The van der Waals surface area contributed by atoms with Crippen LogP contribution < -0.4 is 10.7 Å². The number of nitrogens with one attached hydrogen (secondary N) is 2. The predicted octanol–water partition coefficient (Wildman–Crippen LogP) is 1.20. The third kappa shape index (κ3) is 1.45. The molecule has 2 N–H and O–H groups in total. The zero-order valence-corrected chi connectivity index (χ0v) is 8.79. The van der Waals surface area contributed by atoms with Crippen molar-refractivity contribution in [3.05, 3.63) is 23.7 Å². The standard InChI is InChI=1S/C11H15N3O/c1-7-2-3-10(15-7)11-8-6-12-5-4-9(8)13-14-11/h2-3,8,11-12,14H,4-6H2,1H3. The van der Waals surface area contributed by atoms with E-state index in [-0.39, 0.29) is 6.04 Å². The van der Waals surface area contributed by atoms with Gasteiger partial charge in [-0.1, -0.05) is 0 Å². The van der Waals surface area contributed by atoms with E-state index in [1.165, 1.54) is 5.71 Å². The summed E-state index contributed by atoms with van der Waals surface area (Å²) in [5, 5.41) is 7.79. The van der Waals surface area contributed by atoms with E-state index < -0.39 is 0 Å². The smallest absolute Gasteiger partial charge is 0.128 e. The molecule has 2 atom stereocenters. The molecule has 0 radical (unpaired) electrons. The number of fused-ring (bicyclic) bond motifs is 1. The molecule has 4 nitrogen and oxygen atoms in total. The molecule has 3 heterocycles. The molecule has 0 aliphatic carbocycles. The molecule has 1 aromatic heterocycles. The van der Waals surface area contributed by atoms with Crippen LogP contribution in [0.15, 0.2) is 21.7 Å². The molecule has 2 aliphatic rings. The van der Waals surface area contributed by atoms with E-state index >= 15 is 0 Å². The highest BCUT2D eigenvalue weighted by Crippen LogP contribution is 2.30. The maximum Gasteiger partial charge on any atom is 0.128 e. The molecule has 2 unspecified atom stereocenters. The van der Waals surface area contributed by atoms with Crippen LogP contribution in [0.5, 0.6) is 0 Å². The monoisotopic (exact) mass is 205 g/mol. The highest BCUT2D eigenvalue weighted by Gasteiger charge is 2.35. The summed E-state index contributed by atoms with van der Waals surface area (Å²) in [5.41, 5.74) is 4.47. The Kier molecular flexibility index (Phi) is 2.02. The number of hydrogen-bond acceptors (Lipinski definition) is 4. The minimum Gasteiger partial charge on any atom is -0.464 e. The van der Waals surface area contributed by atoms with Gasteiger partial charge in [-0.25, -0.2) is 0 Å². The summed E-state index contributed by atoms with van der Waals surface area (Å²) >= 11 is 0. The number of rotatable bonds is 1. The van der Waals surface area contributed by atoms with Crippen LogP contribution in [0.25, 0.3) is 0 Å². The second-order valence-electron chi connectivity index (χ2n) is 4.22. The highest BCUT2D eigenvalue weighted by atomic mass is 16.3. The van der Waals surface area contributed by atoms with Crippen molar-refractivity contribution < 1.29 is 4.42 Å². The summed E-state index contributed by atoms with van der Waals surface area (Å²) in [6, 6.07) is 4.27. The fourth-order valence-corrected chi connectivity index (χ4v) is 2.35. The van der Waals surface area contributed by atoms with Gasteiger partial charge in [-0.15, -0.1) is 0 Å². The zero-order chi connectivity index (χ0) is 10.3. The largest absolute Gasteiger partial charge is 0.464 e. The van der Waals surface area contributed by atoms with Crippen LogP contribution in [0, 0.1) is 12.8 Å². The van der Waals surface area contributed by atoms with Crippen molar-refractivity contribution in [2.24, 2.45) is 11.0 Å². The van der Waals surface area contributed by atoms with E-state index in [9.17, 15) is 0 Å². The van der Waals surface area contributed by atoms with E-state index in [4.69, 9.17) is 4.42 Å². The Morgan fingerprint density at radius 2 is 2.40 bits per heavy atom. The van der Waals surface area contributed by atoms with E-state index in [0.717, 1.165) is 31.0 Å². The number of hydrogen-bond donors (Lipinski definition) is 2. The number of nitrogens with zero attached hydrogens (tertiary/aromatic N) is 1. The van der Waals surface area contributed by atoms with Crippen LogP contribution in [-0.2, 0) is 0 Å². The summed E-state index contributed by atoms with van der Waals surface area (Å²) in [4.78, 5) is 0. The first-order valence-electron chi connectivity index (χ1n) is 5.43. The van der Waals surface area contributed by atoms with Gasteiger partial charge in [0.2, 0.25) is 0 Å². The van der Waals surface area contributed by atoms with Crippen LogP contribution in [-0.4, -0.2) is 18.8 Å². The normalized spacial score (nSPS) is 29.5. The molecule has 0 bridgehead atoms. The first-order chi connectivity index (χ1) is 7.34. The Hall–Kier alpha value is -1.29. The average Bonchev–Trinajstić information content (AvgIpc) is 2.83. The molecule has 15 heavy (non-hydrogen) atoms. The lowest BCUT2D eigenvalue weighted by Gasteiger charge is -2.23.